The molecule has 0 atom stereocenters. The number of nitrogens with zero attached hydrogens (tertiary/aromatic N) is 2. The average molecular weight is 383 g/mol. The highest BCUT2D eigenvalue weighted by molar-refractivity contribution is 5.99. The summed E-state index contributed by atoms with van der Waals surface area (Å²) in [4.78, 5) is 27.7. The quantitative estimate of drug-likeness (QED) is 0.870. The Balaban J connectivity index is 1.85. The second-order valence-electron chi connectivity index (χ2n) is 7.21. The predicted molar refractivity (Wildman–Crippen MR) is 95.6 cm³/mol. The van der Waals surface area contributed by atoms with E-state index in [2.05, 4.69) is 5.32 Å². The number of benzene rings is 1. The van der Waals surface area contributed by atoms with Crippen molar-refractivity contribution >= 4 is 17.5 Å². The monoisotopic (exact) mass is 383 g/mol. The first-order valence-corrected chi connectivity index (χ1v) is 9.26. The summed E-state index contributed by atoms with van der Waals surface area (Å²) in [7, 11) is 1.88. The van der Waals surface area contributed by atoms with E-state index in [4.69, 9.17) is 0 Å². The highest BCUT2D eigenvalue weighted by Gasteiger charge is 2.34. The van der Waals surface area contributed by atoms with Crippen LogP contribution in [0.5, 0.6) is 0 Å². The van der Waals surface area contributed by atoms with Crippen LogP contribution in [0.1, 0.15) is 41.6 Å². The number of likely N-dealkylation sites (tertiary alicyclic amines) is 1. The standard InChI is InChI=1S/C19H24F3N3O2/c1-23-12-13-4-7-24(8-5-13)18(27)14-9-15(19(20,21)22)11-16(10-14)25-6-2-3-17(25)26/h9-11,13,23H,2-8,12H2,1H3. The van der Waals surface area contributed by atoms with Crippen molar-refractivity contribution in [3.05, 3.63) is 29.3 Å². The van der Waals surface area contributed by atoms with Crippen LogP contribution < -0.4 is 10.2 Å². The number of halogens is 3. The molecule has 148 valence electrons. The van der Waals surface area contributed by atoms with Gasteiger partial charge in [-0.05, 0) is 57.0 Å². The molecular weight excluding hydrogens is 359 g/mol. The van der Waals surface area contributed by atoms with Crippen LogP contribution in [0, 0.1) is 5.92 Å². The molecule has 0 spiro atoms. The molecule has 1 aromatic carbocycles. The lowest BCUT2D eigenvalue weighted by Gasteiger charge is -2.32. The minimum atomic E-state index is -4.58. The van der Waals surface area contributed by atoms with Crippen molar-refractivity contribution in [3.63, 3.8) is 0 Å². The highest BCUT2D eigenvalue weighted by Crippen LogP contribution is 2.34. The lowest BCUT2D eigenvalue weighted by atomic mass is 9.96. The first-order chi connectivity index (χ1) is 12.8. The van der Waals surface area contributed by atoms with Gasteiger partial charge in [0.2, 0.25) is 5.91 Å². The van der Waals surface area contributed by atoms with Gasteiger partial charge in [0, 0.05) is 37.3 Å². The number of rotatable bonds is 4. The second-order valence-corrected chi connectivity index (χ2v) is 7.21. The van der Waals surface area contributed by atoms with Gasteiger partial charge in [0.25, 0.3) is 5.91 Å². The Morgan fingerprint density at radius 2 is 1.89 bits per heavy atom. The number of piperidine rings is 1. The van der Waals surface area contributed by atoms with Crippen LogP contribution in [0.25, 0.3) is 0 Å². The lowest BCUT2D eigenvalue weighted by molar-refractivity contribution is -0.137. The number of anilines is 1. The smallest absolute Gasteiger partial charge is 0.339 e. The Labute approximate surface area is 156 Å². The minimum Gasteiger partial charge on any atom is -0.339 e. The number of alkyl halides is 3. The van der Waals surface area contributed by atoms with Crippen molar-refractivity contribution in [1.82, 2.24) is 10.2 Å². The maximum Gasteiger partial charge on any atom is 0.416 e. The second kappa shape index (κ2) is 7.88. The first kappa shape index (κ1) is 19.7. The van der Waals surface area contributed by atoms with Crippen LogP contribution >= 0.6 is 0 Å². The number of hydrogen-bond acceptors (Lipinski definition) is 3. The molecule has 0 saturated carbocycles. The van der Waals surface area contributed by atoms with Crippen molar-refractivity contribution in [2.45, 2.75) is 31.9 Å². The molecule has 1 aromatic rings. The predicted octanol–water partition coefficient (Wildman–Crippen LogP) is 2.90. The molecular formula is C19H24F3N3O2. The van der Waals surface area contributed by atoms with Crippen molar-refractivity contribution in [2.24, 2.45) is 5.92 Å². The molecule has 2 amide bonds. The molecule has 3 rings (SSSR count). The van der Waals surface area contributed by atoms with Crippen LogP contribution in [-0.2, 0) is 11.0 Å². The van der Waals surface area contributed by atoms with E-state index in [-0.39, 0.29) is 17.2 Å². The Morgan fingerprint density at radius 1 is 1.19 bits per heavy atom. The van der Waals surface area contributed by atoms with Crippen molar-refractivity contribution < 1.29 is 22.8 Å². The van der Waals surface area contributed by atoms with Crippen LogP contribution in [-0.4, -0.2) is 49.9 Å². The van der Waals surface area contributed by atoms with Gasteiger partial charge in [-0.3, -0.25) is 9.59 Å². The van der Waals surface area contributed by atoms with Gasteiger partial charge in [-0.15, -0.1) is 0 Å². The fourth-order valence-corrected chi connectivity index (χ4v) is 3.79. The summed E-state index contributed by atoms with van der Waals surface area (Å²) >= 11 is 0. The van der Waals surface area contributed by atoms with Gasteiger partial charge in [-0.1, -0.05) is 0 Å². The van der Waals surface area contributed by atoms with Gasteiger partial charge < -0.3 is 15.1 Å². The van der Waals surface area contributed by atoms with E-state index < -0.39 is 17.6 Å². The highest BCUT2D eigenvalue weighted by atomic mass is 19.4. The summed E-state index contributed by atoms with van der Waals surface area (Å²) in [5.74, 6) is -0.143. The third kappa shape index (κ3) is 4.43. The average Bonchev–Trinajstić information content (AvgIpc) is 3.07. The summed E-state index contributed by atoms with van der Waals surface area (Å²) in [6.45, 7) is 2.30. The van der Waals surface area contributed by atoms with Crippen molar-refractivity contribution in [2.75, 3.05) is 38.1 Å². The summed E-state index contributed by atoms with van der Waals surface area (Å²) in [6, 6.07) is 3.27. The number of carbonyl (C=O) groups excluding carboxylic acids is 2. The number of hydrogen-bond donors (Lipinski definition) is 1. The number of carbonyl (C=O) groups is 2. The van der Waals surface area contributed by atoms with E-state index in [0.29, 0.717) is 38.4 Å². The normalized spacial score (nSPS) is 19.0. The zero-order chi connectivity index (χ0) is 19.6. The topological polar surface area (TPSA) is 52.7 Å². The van der Waals surface area contributed by atoms with Gasteiger partial charge in [-0.25, -0.2) is 0 Å². The third-order valence-corrected chi connectivity index (χ3v) is 5.27. The molecule has 0 radical (unpaired) electrons. The molecule has 2 aliphatic rings. The molecule has 0 aliphatic carbocycles. The van der Waals surface area contributed by atoms with E-state index in [9.17, 15) is 22.8 Å². The van der Waals surface area contributed by atoms with E-state index in [1.165, 1.54) is 11.0 Å². The van der Waals surface area contributed by atoms with E-state index >= 15 is 0 Å². The fraction of sp³-hybridized carbons (Fsp3) is 0.579. The van der Waals surface area contributed by atoms with Gasteiger partial charge in [0.05, 0.1) is 5.56 Å². The van der Waals surface area contributed by atoms with Crippen LogP contribution in [0.2, 0.25) is 0 Å². The molecule has 0 unspecified atom stereocenters. The molecule has 5 nitrogen and oxygen atoms in total. The SMILES string of the molecule is CNCC1CCN(C(=O)c2cc(N3CCCC3=O)cc(C(F)(F)F)c2)CC1. The van der Waals surface area contributed by atoms with Gasteiger partial charge in [0.15, 0.2) is 0 Å². The van der Waals surface area contributed by atoms with Gasteiger partial charge >= 0.3 is 6.18 Å². The molecule has 2 heterocycles. The number of nitrogens with one attached hydrogen (secondary N) is 1. The molecule has 8 heteroatoms. The molecule has 0 bridgehead atoms. The Hall–Kier alpha value is -2.09. The van der Waals surface area contributed by atoms with E-state index in [1.807, 2.05) is 7.05 Å². The molecule has 0 aromatic heterocycles. The van der Waals surface area contributed by atoms with Crippen LogP contribution in [0.4, 0.5) is 18.9 Å². The summed E-state index contributed by atoms with van der Waals surface area (Å²) in [5, 5.41) is 3.11. The zero-order valence-corrected chi connectivity index (χ0v) is 15.3. The van der Waals surface area contributed by atoms with Gasteiger partial charge in [-0.2, -0.15) is 13.2 Å². The minimum absolute atomic E-state index is 0.00779. The van der Waals surface area contributed by atoms with Crippen molar-refractivity contribution in [1.29, 1.82) is 0 Å². The van der Waals surface area contributed by atoms with Crippen LogP contribution in [0.3, 0.4) is 0 Å². The third-order valence-electron chi connectivity index (χ3n) is 5.27. The Kier molecular flexibility index (Phi) is 5.74. The molecule has 2 saturated heterocycles. The Bertz CT molecular complexity index is 713. The molecule has 27 heavy (non-hydrogen) atoms. The molecule has 2 fully saturated rings. The zero-order valence-electron chi connectivity index (χ0n) is 15.3. The summed E-state index contributed by atoms with van der Waals surface area (Å²) < 4.78 is 40.0. The lowest BCUT2D eigenvalue weighted by Crippen LogP contribution is -2.40. The summed E-state index contributed by atoms with van der Waals surface area (Å²) in [6.07, 6.45) is -2.00. The number of amides is 2. The van der Waals surface area contributed by atoms with E-state index in [0.717, 1.165) is 31.5 Å². The first-order valence-electron chi connectivity index (χ1n) is 9.26. The molecule has 2 aliphatic heterocycles. The van der Waals surface area contributed by atoms with Crippen molar-refractivity contribution in [3.8, 4) is 0 Å². The maximum atomic E-state index is 13.3. The van der Waals surface area contributed by atoms with E-state index in [1.54, 1.807) is 4.90 Å². The Morgan fingerprint density at radius 3 is 2.44 bits per heavy atom. The molecule has 1 N–H and O–H groups in total. The van der Waals surface area contributed by atoms with Gasteiger partial charge in [0.1, 0.15) is 0 Å². The summed E-state index contributed by atoms with van der Waals surface area (Å²) in [5.41, 5.74) is -0.750. The van der Waals surface area contributed by atoms with Crippen LogP contribution in [0.15, 0.2) is 18.2 Å². The maximum absolute atomic E-state index is 13.3. The fourth-order valence-electron chi connectivity index (χ4n) is 3.79. The largest absolute Gasteiger partial charge is 0.416 e.